The minimum Gasteiger partial charge on any atom is -0.334 e. The fraction of sp³-hybridized carbons (Fsp3) is 0.100. The van der Waals surface area contributed by atoms with Crippen molar-refractivity contribution >= 4 is 50.7 Å². The molecule has 0 aromatic heterocycles. The number of thioether (sulfide) groups is 1. The summed E-state index contributed by atoms with van der Waals surface area (Å²) in [6.07, 6.45) is 0. The lowest BCUT2D eigenvalue weighted by Gasteiger charge is -2.20. The minimum atomic E-state index is -0.452. The number of hydrogen-bond acceptors (Lipinski definition) is 4. The average molecular weight is 365 g/mol. The summed E-state index contributed by atoms with van der Waals surface area (Å²) in [5, 5.41) is 8.30. The van der Waals surface area contributed by atoms with E-state index in [1.165, 1.54) is 23.9 Å². The zero-order valence-corrected chi connectivity index (χ0v) is 14.8. The molecule has 6 heteroatoms. The first-order chi connectivity index (χ1) is 12.6. The fourth-order valence-electron chi connectivity index (χ4n) is 2.84. The van der Waals surface area contributed by atoms with E-state index in [9.17, 15) is 9.18 Å². The van der Waals surface area contributed by atoms with Gasteiger partial charge in [-0.25, -0.2) is 9.38 Å². The van der Waals surface area contributed by atoms with E-state index in [4.69, 9.17) is 0 Å². The molecule has 0 saturated heterocycles. The van der Waals surface area contributed by atoms with E-state index in [2.05, 4.69) is 15.6 Å². The molecule has 1 amide bonds. The topological polar surface area (TPSA) is 53.5 Å². The monoisotopic (exact) mass is 365 g/mol. The summed E-state index contributed by atoms with van der Waals surface area (Å²) < 4.78 is 13.7. The number of nitrogens with one attached hydrogen (secondary N) is 2. The zero-order valence-electron chi connectivity index (χ0n) is 14.0. The van der Waals surface area contributed by atoms with Crippen LogP contribution in [0.1, 0.15) is 6.92 Å². The second kappa shape index (κ2) is 6.80. The Kier molecular flexibility index (Phi) is 4.34. The Balaban J connectivity index is 1.52. The van der Waals surface area contributed by atoms with E-state index in [0.29, 0.717) is 5.17 Å². The molecule has 1 aliphatic rings. The third-order valence-corrected chi connectivity index (χ3v) is 5.12. The van der Waals surface area contributed by atoms with Crippen LogP contribution in [0.5, 0.6) is 0 Å². The molecule has 4 nitrogen and oxygen atoms in total. The Morgan fingerprint density at radius 3 is 2.69 bits per heavy atom. The summed E-state index contributed by atoms with van der Waals surface area (Å²) >= 11 is 1.31. The molecule has 4 rings (SSSR count). The standard InChI is InChI=1S/C20H16FN3OS/c1-12(19(25)22-15-9-3-2-8-14(15)21)26-20-23-16-10-4-6-13-7-5-11-17(24-20)18(13)16/h2-12H,1H3,(H,22,25)(H,23,24)/t12-/m1/s1. The molecular formula is C20H16FN3OS. The largest absolute Gasteiger partial charge is 0.334 e. The van der Waals surface area contributed by atoms with Gasteiger partial charge in [0, 0.05) is 5.39 Å². The van der Waals surface area contributed by atoms with E-state index in [-0.39, 0.29) is 11.6 Å². The molecule has 0 spiro atoms. The number of amides is 1. The number of nitrogens with zero attached hydrogens (tertiary/aromatic N) is 1. The highest BCUT2D eigenvalue weighted by Crippen LogP contribution is 2.37. The quantitative estimate of drug-likeness (QED) is 0.675. The van der Waals surface area contributed by atoms with Crippen LogP contribution in [0.2, 0.25) is 0 Å². The van der Waals surface area contributed by atoms with Crippen LogP contribution in [-0.2, 0) is 4.79 Å². The van der Waals surface area contributed by atoms with Crippen molar-refractivity contribution in [3.63, 3.8) is 0 Å². The first-order valence-electron chi connectivity index (χ1n) is 8.21. The maximum atomic E-state index is 13.7. The molecule has 3 aromatic carbocycles. The van der Waals surface area contributed by atoms with Crippen LogP contribution in [0.25, 0.3) is 10.8 Å². The number of anilines is 2. The maximum absolute atomic E-state index is 13.7. The fourth-order valence-corrected chi connectivity index (χ4v) is 3.67. The van der Waals surface area contributed by atoms with Gasteiger partial charge >= 0.3 is 0 Å². The number of carbonyl (C=O) groups excluding carboxylic acids is 1. The van der Waals surface area contributed by atoms with Crippen LogP contribution < -0.4 is 10.6 Å². The van der Waals surface area contributed by atoms with Crippen LogP contribution in [0, 0.1) is 5.82 Å². The van der Waals surface area contributed by atoms with Crippen molar-refractivity contribution in [3.05, 3.63) is 66.5 Å². The molecule has 26 heavy (non-hydrogen) atoms. The molecule has 0 aliphatic carbocycles. The van der Waals surface area contributed by atoms with Crippen LogP contribution in [-0.4, -0.2) is 16.3 Å². The smallest absolute Gasteiger partial charge is 0.237 e. The number of rotatable bonds is 3. The van der Waals surface area contributed by atoms with E-state index in [1.807, 2.05) is 36.4 Å². The van der Waals surface area contributed by atoms with E-state index >= 15 is 0 Å². The van der Waals surface area contributed by atoms with Crippen molar-refractivity contribution in [2.45, 2.75) is 12.2 Å². The summed E-state index contributed by atoms with van der Waals surface area (Å²) in [5.74, 6) is -0.728. The van der Waals surface area contributed by atoms with Gasteiger partial charge in [-0.2, -0.15) is 0 Å². The maximum Gasteiger partial charge on any atom is 0.237 e. The minimum absolute atomic E-state index is 0.179. The van der Waals surface area contributed by atoms with Gasteiger partial charge in [0.2, 0.25) is 5.91 Å². The normalized spacial score (nSPS) is 13.7. The molecule has 0 unspecified atom stereocenters. The molecule has 2 N–H and O–H groups in total. The first kappa shape index (κ1) is 16.6. The van der Waals surface area contributed by atoms with Gasteiger partial charge in [0.25, 0.3) is 0 Å². The summed E-state index contributed by atoms with van der Waals surface area (Å²) in [7, 11) is 0. The van der Waals surface area contributed by atoms with Gasteiger partial charge in [0.1, 0.15) is 5.82 Å². The molecule has 130 valence electrons. The number of aliphatic imine (C=N–C) groups is 1. The summed E-state index contributed by atoms with van der Waals surface area (Å²) in [6.45, 7) is 1.77. The third-order valence-electron chi connectivity index (χ3n) is 4.14. The lowest BCUT2D eigenvalue weighted by molar-refractivity contribution is -0.115. The van der Waals surface area contributed by atoms with Gasteiger partial charge in [-0.1, -0.05) is 48.2 Å². The van der Waals surface area contributed by atoms with Gasteiger partial charge < -0.3 is 10.6 Å². The third kappa shape index (κ3) is 3.15. The SMILES string of the molecule is C[C@@H](SC1=Nc2cccc3cccc(c23)N1)C(=O)Nc1ccccc1F. The number of benzene rings is 3. The van der Waals surface area contributed by atoms with Gasteiger partial charge in [-0.15, -0.1) is 0 Å². The molecule has 1 heterocycles. The number of amidine groups is 1. The van der Waals surface area contributed by atoms with E-state index < -0.39 is 11.1 Å². The van der Waals surface area contributed by atoms with Gasteiger partial charge in [0.15, 0.2) is 5.17 Å². The predicted octanol–water partition coefficient (Wildman–Crippen LogP) is 5.15. The lowest BCUT2D eigenvalue weighted by atomic mass is 10.1. The Morgan fingerprint density at radius 1 is 1.12 bits per heavy atom. The molecule has 0 fully saturated rings. The highest BCUT2D eigenvalue weighted by molar-refractivity contribution is 8.15. The second-order valence-corrected chi connectivity index (χ2v) is 7.28. The van der Waals surface area contributed by atoms with Crippen LogP contribution in [0.15, 0.2) is 65.7 Å². The first-order valence-corrected chi connectivity index (χ1v) is 9.09. The van der Waals surface area contributed by atoms with Gasteiger partial charge in [0.05, 0.1) is 22.3 Å². The van der Waals surface area contributed by atoms with E-state index in [0.717, 1.165) is 22.1 Å². The molecular weight excluding hydrogens is 349 g/mol. The van der Waals surface area contributed by atoms with Crippen molar-refractivity contribution in [2.24, 2.45) is 4.99 Å². The van der Waals surface area contributed by atoms with Crippen LogP contribution in [0.4, 0.5) is 21.5 Å². The van der Waals surface area contributed by atoms with Crippen molar-refractivity contribution < 1.29 is 9.18 Å². The molecule has 0 radical (unpaired) electrons. The molecule has 3 aromatic rings. The Labute approximate surface area is 154 Å². The number of hydrogen-bond donors (Lipinski definition) is 2. The highest BCUT2D eigenvalue weighted by Gasteiger charge is 2.21. The van der Waals surface area contributed by atoms with E-state index in [1.54, 1.807) is 19.1 Å². The molecule has 1 atom stereocenters. The molecule has 0 saturated carbocycles. The van der Waals surface area contributed by atoms with Crippen LogP contribution in [0.3, 0.4) is 0 Å². The Bertz CT molecular complexity index is 1030. The van der Waals surface area contributed by atoms with Crippen molar-refractivity contribution in [3.8, 4) is 0 Å². The lowest BCUT2D eigenvalue weighted by Crippen LogP contribution is -2.26. The number of carbonyl (C=O) groups is 1. The van der Waals surface area contributed by atoms with Crippen LogP contribution >= 0.6 is 11.8 Å². The summed E-state index contributed by atoms with van der Waals surface area (Å²) in [4.78, 5) is 17.0. The summed E-state index contributed by atoms with van der Waals surface area (Å²) in [5.41, 5.74) is 2.02. The summed E-state index contributed by atoms with van der Waals surface area (Å²) in [6, 6.07) is 18.1. The Morgan fingerprint density at radius 2 is 1.88 bits per heavy atom. The van der Waals surface area contributed by atoms with Crippen molar-refractivity contribution in [2.75, 3.05) is 10.6 Å². The van der Waals surface area contributed by atoms with Crippen molar-refractivity contribution in [1.29, 1.82) is 0 Å². The van der Waals surface area contributed by atoms with Crippen molar-refractivity contribution in [1.82, 2.24) is 0 Å². The number of para-hydroxylation sites is 1. The molecule has 0 bridgehead atoms. The van der Waals surface area contributed by atoms with Gasteiger partial charge in [-0.3, -0.25) is 4.79 Å². The zero-order chi connectivity index (χ0) is 18.1. The highest BCUT2D eigenvalue weighted by atomic mass is 32.2. The Hall–Kier alpha value is -2.86. The number of halogens is 1. The molecule has 1 aliphatic heterocycles. The predicted molar refractivity (Wildman–Crippen MR) is 107 cm³/mol. The second-order valence-electron chi connectivity index (χ2n) is 5.95. The average Bonchev–Trinajstić information content (AvgIpc) is 2.64. The van der Waals surface area contributed by atoms with Gasteiger partial charge in [-0.05, 0) is 36.6 Å².